The quantitative estimate of drug-likeness (QED) is 0.0404. The minimum Gasteiger partial charge on any atom is -0.497 e. The monoisotopic (exact) mass is 746 g/mol. The van der Waals surface area contributed by atoms with Crippen molar-refractivity contribution in [1.82, 2.24) is 16.0 Å². The average Bonchev–Trinajstić information content (AvgIpc) is 3.20. The van der Waals surface area contributed by atoms with Crippen LogP contribution in [0.15, 0.2) is 133 Å². The first-order valence-electron chi connectivity index (χ1n) is 18.2. The van der Waals surface area contributed by atoms with Crippen molar-refractivity contribution >= 4 is 23.6 Å². The number of aliphatic hydroxyl groups is 1. The predicted molar refractivity (Wildman–Crippen MR) is 210 cm³/mol. The lowest BCUT2D eigenvalue weighted by atomic mass is 9.77. The van der Waals surface area contributed by atoms with E-state index >= 15 is 0 Å². The van der Waals surface area contributed by atoms with Crippen LogP contribution in [0, 0.1) is 5.82 Å². The van der Waals surface area contributed by atoms with E-state index in [0.29, 0.717) is 42.6 Å². The van der Waals surface area contributed by atoms with E-state index in [0.717, 1.165) is 22.4 Å². The number of ether oxygens (including phenoxy) is 1. The fraction of sp³-hybridized carbons (Fsp3) is 0.250. The highest BCUT2D eigenvalue weighted by molar-refractivity contribution is 5.97. The van der Waals surface area contributed by atoms with Crippen LogP contribution in [0.2, 0.25) is 0 Å². The first kappa shape index (κ1) is 40.2. The molecule has 0 fully saturated rings. The summed E-state index contributed by atoms with van der Waals surface area (Å²) in [4.78, 5) is 38.7. The van der Waals surface area contributed by atoms with Crippen molar-refractivity contribution in [3.8, 4) is 5.75 Å². The van der Waals surface area contributed by atoms with Gasteiger partial charge in [-0.15, -0.1) is 0 Å². The van der Waals surface area contributed by atoms with Gasteiger partial charge >= 0.3 is 6.09 Å². The smallest absolute Gasteiger partial charge is 0.404 e. The van der Waals surface area contributed by atoms with E-state index in [9.17, 15) is 29.0 Å². The molecule has 0 aliphatic carbocycles. The molecule has 0 unspecified atom stereocenters. The Labute approximate surface area is 320 Å². The maximum absolute atomic E-state index is 13.7. The third-order valence-electron chi connectivity index (χ3n) is 9.46. The Morgan fingerprint density at radius 1 is 0.727 bits per heavy atom. The summed E-state index contributed by atoms with van der Waals surface area (Å²) in [5.41, 5.74) is 4.24. The molecule has 55 heavy (non-hydrogen) atoms. The molecule has 0 heterocycles. The zero-order valence-corrected chi connectivity index (χ0v) is 30.7. The van der Waals surface area contributed by atoms with Crippen molar-refractivity contribution in [1.29, 1.82) is 0 Å². The predicted octanol–water partition coefficient (Wildman–Crippen LogP) is 6.77. The maximum atomic E-state index is 13.7. The van der Waals surface area contributed by atoms with Gasteiger partial charge in [0, 0.05) is 18.2 Å². The Morgan fingerprint density at radius 2 is 1.31 bits per heavy atom. The van der Waals surface area contributed by atoms with Crippen LogP contribution in [0.25, 0.3) is 0 Å². The third kappa shape index (κ3) is 11.2. The number of carbonyl (C=O) groups is 3. The summed E-state index contributed by atoms with van der Waals surface area (Å²) in [5, 5.41) is 30.8. The molecule has 0 spiro atoms. The van der Waals surface area contributed by atoms with E-state index in [-0.39, 0.29) is 19.4 Å². The molecule has 2 atom stereocenters. The number of carboxylic acid groups (broad SMARTS) is 1. The molecule has 0 aliphatic rings. The molecule has 0 aromatic heterocycles. The van der Waals surface area contributed by atoms with Gasteiger partial charge in [-0.25, -0.2) is 9.18 Å². The van der Waals surface area contributed by atoms with Crippen LogP contribution in [-0.4, -0.2) is 53.9 Å². The molecule has 0 aliphatic heterocycles. The number of anilines is 1. The summed E-state index contributed by atoms with van der Waals surface area (Å²) in [7, 11) is 1.64. The second-order valence-electron chi connectivity index (χ2n) is 13.3. The summed E-state index contributed by atoms with van der Waals surface area (Å²) in [6.45, 7) is 0.418. The fourth-order valence-electron chi connectivity index (χ4n) is 6.70. The number of carbonyl (C=O) groups excluding carboxylic acids is 2. The zero-order chi connectivity index (χ0) is 39.0. The molecule has 10 nitrogen and oxygen atoms in total. The van der Waals surface area contributed by atoms with Crippen molar-refractivity contribution in [2.24, 2.45) is 0 Å². The van der Waals surface area contributed by atoms with Gasteiger partial charge < -0.3 is 30.9 Å². The van der Waals surface area contributed by atoms with Gasteiger partial charge in [-0.1, -0.05) is 97.1 Å². The number of amides is 3. The molecule has 5 aromatic rings. The number of hydrogen-bond acceptors (Lipinski definition) is 6. The second-order valence-corrected chi connectivity index (χ2v) is 13.3. The number of hydrogen-bond donors (Lipinski definition) is 6. The highest BCUT2D eigenvalue weighted by Gasteiger charge is 2.36. The van der Waals surface area contributed by atoms with Crippen LogP contribution < -0.4 is 26.0 Å². The van der Waals surface area contributed by atoms with Gasteiger partial charge in [0.15, 0.2) is 0 Å². The molecule has 0 radical (unpaired) electrons. The van der Waals surface area contributed by atoms with Gasteiger partial charge in [-0.2, -0.15) is 0 Å². The van der Waals surface area contributed by atoms with Crippen molar-refractivity contribution in [3.05, 3.63) is 167 Å². The van der Waals surface area contributed by atoms with Crippen LogP contribution in [0.1, 0.15) is 53.5 Å². The minimum absolute atomic E-state index is 0.140. The lowest BCUT2D eigenvalue weighted by Gasteiger charge is -2.37. The number of methoxy groups -OCH3 is 1. The highest BCUT2D eigenvalue weighted by atomic mass is 19.1. The summed E-state index contributed by atoms with van der Waals surface area (Å²) in [6, 6.07) is 39.0. The van der Waals surface area contributed by atoms with Crippen LogP contribution in [0.4, 0.5) is 14.9 Å². The third-order valence-corrected chi connectivity index (χ3v) is 9.46. The van der Waals surface area contributed by atoms with E-state index in [4.69, 9.17) is 4.74 Å². The lowest BCUT2D eigenvalue weighted by molar-refractivity contribution is -0.127. The Balaban J connectivity index is 1.32. The molecule has 0 bridgehead atoms. The maximum Gasteiger partial charge on any atom is 0.404 e. The van der Waals surface area contributed by atoms with Crippen LogP contribution in [0.5, 0.6) is 5.75 Å². The number of nitrogens with one attached hydrogen (secondary N) is 4. The van der Waals surface area contributed by atoms with E-state index in [1.807, 2.05) is 48.5 Å². The summed E-state index contributed by atoms with van der Waals surface area (Å²) in [5.74, 6) is -0.622. The number of aliphatic hydroxyl groups excluding tert-OH is 1. The Kier molecular flexibility index (Phi) is 14.5. The van der Waals surface area contributed by atoms with Crippen LogP contribution in [-0.2, 0) is 28.2 Å². The van der Waals surface area contributed by atoms with Gasteiger partial charge in [-0.3, -0.25) is 14.9 Å². The minimum atomic E-state index is -1.30. The number of halogens is 1. The second kappa shape index (κ2) is 19.9. The Hall–Kier alpha value is -6.04. The largest absolute Gasteiger partial charge is 0.497 e. The van der Waals surface area contributed by atoms with Crippen LogP contribution in [0.3, 0.4) is 0 Å². The number of rotatable bonds is 19. The van der Waals surface area contributed by atoms with E-state index in [1.165, 1.54) is 24.3 Å². The standard InChI is InChI=1S/C44H47FN4O6/c1-55-39-25-19-35(20-26-39)44(33-10-4-2-5-11-33,34-12-6-3-7-13-34)46-27-9-8-14-40(42(52)47-37-23-17-32(30-50)18-24-37)49-41(51)29-38(48-43(53)54)28-31-15-21-36(45)22-16-31/h2-7,10-13,15-26,38,40,46,48,50H,8-9,14,27-30H2,1H3,(H,47,52)(H,49,51)(H,53,54)/t38-,40-/m0/s1. The number of unbranched alkanes of at least 4 members (excludes halogenated alkanes) is 1. The molecule has 3 amide bonds. The molecule has 0 saturated heterocycles. The van der Waals surface area contributed by atoms with Gasteiger partial charge in [0.25, 0.3) is 0 Å². The van der Waals surface area contributed by atoms with Crippen LogP contribution >= 0.6 is 0 Å². The number of benzene rings is 5. The molecule has 5 rings (SSSR count). The fourth-order valence-corrected chi connectivity index (χ4v) is 6.70. The normalized spacial score (nSPS) is 12.3. The molecule has 286 valence electrons. The van der Waals surface area contributed by atoms with Gasteiger partial charge in [-0.05, 0) is 96.4 Å². The molecule has 0 saturated carbocycles. The van der Waals surface area contributed by atoms with Gasteiger partial charge in [0.2, 0.25) is 11.8 Å². The molecule has 5 aromatic carbocycles. The van der Waals surface area contributed by atoms with E-state index in [1.54, 1.807) is 31.4 Å². The zero-order valence-electron chi connectivity index (χ0n) is 30.7. The van der Waals surface area contributed by atoms with E-state index < -0.39 is 41.3 Å². The van der Waals surface area contributed by atoms with E-state index in [2.05, 4.69) is 57.7 Å². The average molecular weight is 747 g/mol. The first-order valence-corrected chi connectivity index (χ1v) is 18.2. The summed E-state index contributed by atoms with van der Waals surface area (Å²) in [6.07, 6.45) is 0.122. The van der Waals surface area contributed by atoms with Gasteiger partial charge in [0.1, 0.15) is 17.6 Å². The molecule has 11 heteroatoms. The SMILES string of the molecule is COc1ccc(C(NCCCC[C@H](NC(=O)C[C@H](Cc2ccc(F)cc2)NC(=O)O)C(=O)Nc2ccc(CO)cc2)(c2ccccc2)c2ccccc2)cc1. The van der Waals surface area contributed by atoms with Gasteiger partial charge in [0.05, 0.1) is 19.3 Å². The van der Waals surface area contributed by atoms with Crippen molar-refractivity contribution in [2.45, 2.75) is 56.3 Å². The molecular formula is C44H47FN4O6. The lowest BCUT2D eigenvalue weighted by Crippen LogP contribution is -2.47. The topological polar surface area (TPSA) is 149 Å². The Bertz CT molecular complexity index is 1920. The summed E-state index contributed by atoms with van der Waals surface area (Å²) >= 11 is 0. The molecular weight excluding hydrogens is 700 g/mol. The van der Waals surface area contributed by atoms with Crippen molar-refractivity contribution < 1.29 is 33.7 Å². The van der Waals surface area contributed by atoms with Crippen molar-refractivity contribution in [2.75, 3.05) is 19.0 Å². The van der Waals surface area contributed by atoms with Crippen molar-refractivity contribution in [3.63, 3.8) is 0 Å². The highest BCUT2D eigenvalue weighted by Crippen LogP contribution is 2.37. The molecule has 6 N–H and O–H groups in total. The first-order chi connectivity index (χ1) is 26.7. The Morgan fingerprint density at radius 3 is 1.87 bits per heavy atom. The summed E-state index contributed by atoms with van der Waals surface area (Å²) < 4.78 is 19.0.